The van der Waals surface area contributed by atoms with E-state index < -0.39 is 0 Å². The number of piperidine rings is 1. The lowest BCUT2D eigenvalue weighted by molar-refractivity contribution is 0.00275. The summed E-state index contributed by atoms with van der Waals surface area (Å²) < 4.78 is 7.87. The number of hydrogen-bond donors (Lipinski definition) is 0. The SMILES string of the molecule is CN1CC[C@]23CCCCC2[C@H]1Cc1ccc(Oc2nnnn2-c2ccccc2)cc13. The van der Waals surface area contributed by atoms with Gasteiger partial charge in [-0.15, -0.1) is 0 Å². The molecule has 2 fully saturated rings. The smallest absolute Gasteiger partial charge is 0.345 e. The summed E-state index contributed by atoms with van der Waals surface area (Å²) in [6.45, 7) is 1.19. The minimum Gasteiger partial charge on any atom is -0.423 e. The number of likely N-dealkylation sites (N-methyl/N-ethyl adjacent to an activating group) is 1. The Kier molecular flexibility index (Phi) is 4.16. The van der Waals surface area contributed by atoms with Crippen molar-refractivity contribution in [2.24, 2.45) is 5.92 Å². The second-order valence-corrected chi connectivity index (χ2v) is 9.14. The Morgan fingerprint density at radius 2 is 1.97 bits per heavy atom. The number of aromatic nitrogens is 4. The van der Waals surface area contributed by atoms with Crippen LogP contribution in [0.1, 0.15) is 43.2 Å². The van der Waals surface area contributed by atoms with E-state index in [4.69, 9.17) is 4.74 Å². The number of ether oxygens (including phenoxy) is 1. The molecule has 0 spiro atoms. The minimum atomic E-state index is 0.313. The van der Waals surface area contributed by atoms with E-state index in [-0.39, 0.29) is 0 Å². The maximum Gasteiger partial charge on any atom is 0.345 e. The number of fused-ring (bicyclic) bond motifs is 1. The third-order valence-corrected chi connectivity index (χ3v) is 7.74. The summed E-state index contributed by atoms with van der Waals surface area (Å²) in [5.41, 5.74) is 4.22. The predicted octanol–water partition coefficient (Wildman–Crippen LogP) is 4.14. The number of hydrogen-bond acceptors (Lipinski definition) is 5. The normalized spacial score (nSPS) is 27.9. The van der Waals surface area contributed by atoms with E-state index in [0.29, 0.717) is 17.5 Å². The van der Waals surface area contributed by atoms with Gasteiger partial charge in [-0.05, 0) is 91.0 Å². The van der Waals surface area contributed by atoms with E-state index in [9.17, 15) is 0 Å². The number of tetrazole rings is 1. The summed E-state index contributed by atoms with van der Waals surface area (Å²) >= 11 is 0. The maximum atomic E-state index is 6.22. The van der Waals surface area contributed by atoms with Gasteiger partial charge >= 0.3 is 6.01 Å². The van der Waals surface area contributed by atoms with Crippen molar-refractivity contribution in [3.05, 3.63) is 59.7 Å². The average Bonchev–Trinajstić information content (AvgIpc) is 3.25. The molecule has 0 radical (unpaired) electrons. The summed E-state index contributed by atoms with van der Waals surface area (Å²) in [7, 11) is 2.31. The van der Waals surface area contributed by atoms with Gasteiger partial charge in [0.15, 0.2) is 0 Å². The molecule has 2 aliphatic carbocycles. The fraction of sp³-hybridized carbons (Fsp3) is 0.458. The van der Waals surface area contributed by atoms with Crippen LogP contribution in [-0.2, 0) is 11.8 Å². The summed E-state index contributed by atoms with van der Waals surface area (Å²) in [6.07, 6.45) is 7.77. The highest BCUT2D eigenvalue weighted by Crippen LogP contribution is 2.56. The van der Waals surface area contributed by atoms with Crippen LogP contribution in [0.5, 0.6) is 11.8 Å². The molecule has 0 amide bonds. The molecular weight excluding hydrogens is 374 g/mol. The molecule has 1 saturated heterocycles. The summed E-state index contributed by atoms with van der Waals surface area (Å²) in [5.74, 6) is 1.60. The van der Waals surface area contributed by atoms with E-state index in [1.165, 1.54) is 49.8 Å². The molecule has 3 aliphatic rings. The molecule has 3 atom stereocenters. The molecular formula is C24H27N5O. The molecule has 2 bridgehead atoms. The van der Waals surface area contributed by atoms with Crippen LogP contribution in [0.15, 0.2) is 48.5 Å². The van der Waals surface area contributed by atoms with Gasteiger partial charge in [-0.1, -0.05) is 42.2 Å². The zero-order valence-electron chi connectivity index (χ0n) is 17.4. The van der Waals surface area contributed by atoms with Crippen molar-refractivity contribution in [2.45, 2.75) is 50.0 Å². The van der Waals surface area contributed by atoms with Gasteiger partial charge in [0, 0.05) is 11.5 Å². The van der Waals surface area contributed by atoms with Gasteiger partial charge in [-0.2, -0.15) is 4.68 Å². The van der Waals surface area contributed by atoms with Gasteiger partial charge in [0.25, 0.3) is 0 Å². The Balaban J connectivity index is 1.38. The molecule has 2 heterocycles. The first-order valence-electron chi connectivity index (χ1n) is 11.1. The topological polar surface area (TPSA) is 56.1 Å². The van der Waals surface area contributed by atoms with Crippen LogP contribution in [-0.4, -0.2) is 44.7 Å². The first kappa shape index (κ1) is 18.1. The van der Waals surface area contributed by atoms with Gasteiger partial charge in [0.05, 0.1) is 5.69 Å². The third kappa shape index (κ3) is 2.70. The zero-order chi connectivity index (χ0) is 20.1. The first-order chi connectivity index (χ1) is 14.7. The Morgan fingerprint density at radius 1 is 1.07 bits per heavy atom. The summed E-state index contributed by atoms with van der Waals surface area (Å²) in [4.78, 5) is 2.61. The van der Waals surface area contributed by atoms with Crippen LogP contribution >= 0.6 is 0 Å². The molecule has 0 N–H and O–H groups in total. The number of benzene rings is 2. The van der Waals surface area contributed by atoms with E-state index in [1.807, 2.05) is 30.3 Å². The van der Waals surface area contributed by atoms with E-state index >= 15 is 0 Å². The van der Waals surface area contributed by atoms with Crippen LogP contribution < -0.4 is 4.74 Å². The van der Waals surface area contributed by atoms with Crippen molar-refractivity contribution >= 4 is 0 Å². The second kappa shape index (κ2) is 6.91. The largest absolute Gasteiger partial charge is 0.423 e. The third-order valence-electron chi connectivity index (χ3n) is 7.74. The Labute approximate surface area is 176 Å². The highest BCUT2D eigenvalue weighted by molar-refractivity contribution is 5.46. The average molecular weight is 402 g/mol. The molecule has 154 valence electrons. The highest BCUT2D eigenvalue weighted by Gasteiger charge is 2.53. The van der Waals surface area contributed by atoms with Gasteiger partial charge in [0.1, 0.15) is 5.75 Å². The number of likely N-dealkylation sites (tertiary alicyclic amines) is 1. The molecule has 2 aromatic carbocycles. The maximum absolute atomic E-state index is 6.22. The van der Waals surface area contributed by atoms with Crippen molar-refractivity contribution in [1.29, 1.82) is 0 Å². The summed E-state index contributed by atoms with van der Waals surface area (Å²) in [6, 6.07) is 17.6. The zero-order valence-corrected chi connectivity index (χ0v) is 17.4. The van der Waals surface area contributed by atoms with Crippen LogP contribution in [0.4, 0.5) is 0 Å². The van der Waals surface area contributed by atoms with Crippen molar-refractivity contribution in [2.75, 3.05) is 13.6 Å². The lowest BCUT2D eigenvalue weighted by atomic mass is 9.52. The van der Waals surface area contributed by atoms with Crippen molar-refractivity contribution in [3.63, 3.8) is 0 Å². The standard InChI is InChI=1S/C24H27N5O/c1-28-14-13-24-12-6-5-9-20(24)22(28)15-17-10-11-19(16-21(17)24)30-23-25-26-27-29(23)18-7-3-2-4-8-18/h2-4,7-8,10-11,16,20,22H,5-6,9,12-15H2,1H3/t20?,22-,24-/m1/s1. The number of nitrogens with zero attached hydrogens (tertiary/aromatic N) is 5. The van der Waals surface area contributed by atoms with Gasteiger partial charge in [-0.3, -0.25) is 0 Å². The van der Waals surface area contributed by atoms with Gasteiger partial charge in [0.2, 0.25) is 0 Å². The number of para-hydroxylation sites is 1. The predicted molar refractivity (Wildman–Crippen MR) is 114 cm³/mol. The Hall–Kier alpha value is -2.73. The van der Waals surface area contributed by atoms with Crippen LogP contribution in [0.3, 0.4) is 0 Å². The first-order valence-corrected chi connectivity index (χ1v) is 11.1. The molecule has 1 saturated carbocycles. The van der Waals surface area contributed by atoms with Crippen molar-refractivity contribution < 1.29 is 4.74 Å². The van der Waals surface area contributed by atoms with Crippen LogP contribution in [0.25, 0.3) is 5.69 Å². The molecule has 6 heteroatoms. The molecule has 3 aromatic rings. The molecule has 6 rings (SSSR count). The summed E-state index contributed by atoms with van der Waals surface area (Å²) in [5, 5.41) is 12.1. The molecule has 6 nitrogen and oxygen atoms in total. The number of rotatable bonds is 3. The molecule has 1 aromatic heterocycles. The molecule has 1 unspecified atom stereocenters. The lowest BCUT2D eigenvalue weighted by Gasteiger charge is -2.58. The van der Waals surface area contributed by atoms with Crippen LogP contribution in [0, 0.1) is 5.92 Å². The molecule has 1 aliphatic heterocycles. The monoisotopic (exact) mass is 401 g/mol. The molecule has 30 heavy (non-hydrogen) atoms. The lowest BCUT2D eigenvalue weighted by Crippen LogP contribution is -2.59. The Bertz CT molecular complexity index is 1060. The van der Waals surface area contributed by atoms with E-state index in [1.54, 1.807) is 4.68 Å². The fourth-order valence-electron chi connectivity index (χ4n) is 6.32. The fourth-order valence-corrected chi connectivity index (χ4v) is 6.32. The second-order valence-electron chi connectivity index (χ2n) is 9.14. The quantitative estimate of drug-likeness (QED) is 0.660. The van der Waals surface area contributed by atoms with Crippen LogP contribution in [0.2, 0.25) is 0 Å². The van der Waals surface area contributed by atoms with Gasteiger partial charge in [-0.25, -0.2) is 0 Å². The van der Waals surface area contributed by atoms with E-state index in [0.717, 1.165) is 23.8 Å². The Morgan fingerprint density at radius 3 is 2.87 bits per heavy atom. The van der Waals surface area contributed by atoms with E-state index in [2.05, 4.69) is 45.7 Å². The highest BCUT2D eigenvalue weighted by atomic mass is 16.5. The van der Waals surface area contributed by atoms with Gasteiger partial charge < -0.3 is 9.64 Å². The van der Waals surface area contributed by atoms with Crippen molar-refractivity contribution in [3.8, 4) is 17.4 Å². The van der Waals surface area contributed by atoms with Crippen molar-refractivity contribution in [1.82, 2.24) is 25.1 Å². The minimum absolute atomic E-state index is 0.313.